The lowest BCUT2D eigenvalue weighted by molar-refractivity contribution is 0.0320. The van der Waals surface area contributed by atoms with Crippen LogP contribution in [0.4, 0.5) is 5.69 Å². The number of hydrogen-bond acceptors (Lipinski definition) is 5. The summed E-state index contributed by atoms with van der Waals surface area (Å²) in [5.41, 5.74) is 2.07. The van der Waals surface area contributed by atoms with Crippen LogP contribution in [0, 0.1) is 0 Å². The van der Waals surface area contributed by atoms with Gasteiger partial charge in [-0.15, -0.1) is 0 Å². The van der Waals surface area contributed by atoms with Crippen LogP contribution in [0.25, 0.3) is 0 Å². The van der Waals surface area contributed by atoms with Gasteiger partial charge in [0.05, 0.1) is 17.6 Å². The highest BCUT2D eigenvalue weighted by atomic mass is 32.2. The zero-order valence-electron chi connectivity index (χ0n) is 12.4. The average Bonchev–Trinajstić information content (AvgIpc) is 2.51. The van der Waals surface area contributed by atoms with Crippen molar-refractivity contribution in [3.05, 3.63) is 23.8 Å². The molecule has 2 N–H and O–H groups in total. The van der Waals surface area contributed by atoms with Crippen LogP contribution >= 0.6 is 0 Å². The van der Waals surface area contributed by atoms with Crippen molar-refractivity contribution in [2.45, 2.75) is 23.8 Å². The second-order valence-corrected chi connectivity index (χ2v) is 6.78. The number of aryl methyl sites for hydroxylation is 1. The summed E-state index contributed by atoms with van der Waals surface area (Å²) in [6.07, 6.45) is 1.61. The van der Waals surface area contributed by atoms with Crippen molar-refractivity contribution >= 4 is 15.7 Å². The van der Waals surface area contributed by atoms with Gasteiger partial charge in [0, 0.05) is 33.0 Å². The van der Waals surface area contributed by atoms with Crippen molar-refractivity contribution in [3.63, 3.8) is 0 Å². The fourth-order valence-electron chi connectivity index (χ4n) is 2.30. The van der Waals surface area contributed by atoms with E-state index in [0.29, 0.717) is 6.61 Å². The zero-order valence-corrected chi connectivity index (χ0v) is 13.2. The van der Waals surface area contributed by atoms with E-state index in [4.69, 9.17) is 9.47 Å². The van der Waals surface area contributed by atoms with E-state index < -0.39 is 10.0 Å². The summed E-state index contributed by atoms with van der Waals surface area (Å²) >= 11 is 0. The van der Waals surface area contributed by atoms with E-state index in [0.717, 1.165) is 30.6 Å². The van der Waals surface area contributed by atoms with Gasteiger partial charge in [0.2, 0.25) is 10.0 Å². The monoisotopic (exact) mass is 314 g/mol. The number of methoxy groups -OCH3 is 2. The fourth-order valence-corrected chi connectivity index (χ4v) is 3.42. The van der Waals surface area contributed by atoms with Crippen LogP contribution in [-0.4, -0.2) is 48.4 Å². The number of rotatable bonds is 7. The first-order valence-electron chi connectivity index (χ1n) is 6.95. The third-order valence-corrected chi connectivity index (χ3v) is 4.93. The standard InChI is InChI=1S/C14H22N2O4S/c1-19-10-12(20-2)9-16-21(17,18)13-5-6-14-11(8-13)4-3-7-15-14/h5-6,8,12,15-16H,3-4,7,9-10H2,1-2H3. The maximum absolute atomic E-state index is 12.3. The van der Waals surface area contributed by atoms with Crippen LogP contribution in [0.3, 0.4) is 0 Å². The van der Waals surface area contributed by atoms with Gasteiger partial charge in [0.1, 0.15) is 0 Å². The summed E-state index contributed by atoms with van der Waals surface area (Å²) in [6.45, 7) is 1.46. The molecule has 1 aliphatic rings. The summed E-state index contributed by atoms with van der Waals surface area (Å²) in [6, 6.07) is 5.19. The van der Waals surface area contributed by atoms with Crippen molar-refractivity contribution in [1.82, 2.24) is 4.72 Å². The number of ether oxygens (including phenoxy) is 2. The SMILES string of the molecule is COCC(CNS(=O)(=O)c1ccc2c(c1)CCCN2)OC. The molecule has 0 spiro atoms. The second kappa shape index (κ2) is 7.22. The van der Waals surface area contributed by atoms with E-state index in [1.165, 1.54) is 7.11 Å². The van der Waals surface area contributed by atoms with Gasteiger partial charge in [-0.25, -0.2) is 13.1 Å². The molecule has 0 radical (unpaired) electrons. The second-order valence-electron chi connectivity index (χ2n) is 5.01. The predicted octanol–water partition coefficient (Wildman–Crippen LogP) is 0.984. The molecular weight excluding hydrogens is 292 g/mol. The van der Waals surface area contributed by atoms with Gasteiger partial charge in [-0.2, -0.15) is 0 Å². The molecular formula is C14H22N2O4S. The Morgan fingerprint density at radius 2 is 2.19 bits per heavy atom. The normalized spacial score (nSPS) is 16.1. The molecule has 21 heavy (non-hydrogen) atoms. The van der Waals surface area contributed by atoms with Crippen LogP contribution in [0.2, 0.25) is 0 Å². The molecule has 0 aliphatic carbocycles. The lowest BCUT2D eigenvalue weighted by atomic mass is 10.0. The lowest BCUT2D eigenvalue weighted by Gasteiger charge is -2.19. The van der Waals surface area contributed by atoms with Crippen molar-refractivity contribution in [1.29, 1.82) is 0 Å². The van der Waals surface area contributed by atoms with Gasteiger partial charge in [-0.3, -0.25) is 0 Å². The number of nitrogens with one attached hydrogen (secondary N) is 2. The Bertz CT molecular complexity index is 574. The van der Waals surface area contributed by atoms with Gasteiger partial charge in [0.15, 0.2) is 0 Å². The molecule has 0 aromatic heterocycles. The first kappa shape index (κ1) is 16.2. The summed E-state index contributed by atoms with van der Waals surface area (Å²) in [4.78, 5) is 0.289. The predicted molar refractivity (Wildman–Crippen MR) is 81.1 cm³/mol. The molecule has 0 bridgehead atoms. The molecule has 6 nitrogen and oxygen atoms in total. The molecule has 1 atom stereocenters. The third kappa shape index (κ3) is 4.16. The minimum Gasteiger partial charge on any atom is -0.385 e. The van der Waals surface area contributed by atoms with Crippen molar-refractivity contribution < 1.29 is 17.9 Å². The third-order valence-electron chi connectivity index (χ3n) is 3.51. The molecule has 1 aromatic carbocycles. The van der Waals surface area contributed by atoms with Crippen molar-refractivity contribution in [3.8, 4) is 0 Å². The van der Waals surface area contributed by atoms with E-state index in [-0.39, 0.29) is 17.5 Å². The molecule has 7 heteroatoms. The van der Waals surface area contributed by atoms with Crippen LogP contribution in [-0.2, 0) is 25.9 Å². The van der Waals surface area contributed by atoms with Crippen LogP contribution in [0.15, 0.2) is 23.1 Å². The number of hydrogen-bond donors (Lipinski definition) is 2. The molecule has 0 fully saturated rings. The minimum absolute atomic E-state index is 0.183. The molecule has 0 amide bonds. The first-order valence-corrected chi connectivity index (χ1v) is 8.43. The van der Waals surface area contributed by atoms with E-state index >= 15 is 0 Å². The molecule has 1 unspecified atom stereocenters. The number of benzene rings is 1. The molecule has 0 saturated carbocycles. The largest absolute Gasteiger partial charge is 0.385 e. The molecule has 2 rings (SSSR count). The highest BCUT2D eigenvalue weighted by Gasteiger charge is 2.19. The summed E-state index contributed by atoms with van der Waals surface area (Å²) < 4.78 is 37.3. The molecule has 1 aromatic rings. The van der Waals surface area contributed by atoms with Crippen molar-refractivity contribution in [2.75, 3.05) is 39.2 Å². The summed E-state index contributed by atoms with van der Waals surface area (Å²) in [5, 5.41) is 3.27. The summed E-state index contributed by atoms with van der Waals surface area (Å²) in [5.74, 6) is 0. The number of sulfonamides is 1. The van der Waals surface area contributed by atoms with Crippen LogP contribution in [0.5, 0.6) is 0 Å². The Hall–Kier alpha value is -1.15. The van der Waals surface area contributed by atoms with Gasteiger partial charge in [-0.1, -0.05) is 0 Å². The number of anilines is 1. The Labute approximate surface area is 125 Å². The van der Waals surface area contributed by atoms with E-state index in [1.54, 1.807) is 19.2 Å². The van der Waals surface area contributed by atoms with E-state index in [1.807, 2.05) is 6.07 Å². The first-order chi connectivity index (χ1) is 10.1. The van der Waals surface area contributed by atoms with Crippen molar-refractivity contribution in [2.24, 2.45) is 0 Å². The molecule has 1 heterocycles. The van der Waals surface area contributed by atoms with Crippen LogP contribution in [0.1, 0.15) is 12.0 Å². The molecule has 1 aliphatic heterocycles. The quantitative estimate of drug-likeness (QED) is 0.785. The lowest BCUT2D eigenvalue weighted by Crippen LogP contribution is -2.35. The van der Waals surface area contributed by atoms with Gasteiger partial charge in [0.25, 0.3) is 0 Å². The van der Waals surface area contributed by atoms with Crippen LogP contribution < -0.4 is 10.0 Å². The van der Waals surface area contributed by atoms with Gasteiger partial charge >= 0.3 is 0 Å². The Kier molecular flexibility index (Phi) is 5.58. The maximum atomic E-state index is 12.3. The zero-order chi connectivity index (χ0) is 15.3. The number of fused-ring (bicyclic) bond motifs is 1. The van der Waals surface area contributed by atoms with Gasteiger partial charge < -0.3 is 14.8 Å². The highest BCUT2D eigenvalue weighted by Crippen LogP contribution is 2.24. The van der Waals surface area contributed by atoms with Gasteiger partial charge in [-0.05, 0) is 36.6 Å². The smallest absolute Gasteiger partial charge is 0.240 e. The summed E-state index contributed by atoms with van der Waals surface area (Å²) in [7, 11) is -0.448. The Morgan fingerprint density at radius 3 is 2.90 bits per heavy atom. The Morgan fingerprint density at radius 1 is 1.38 bits per heavy atom. The van der Waals surface area contributed by atoms with E-state index in [9.17, 15) is 8.42 Å². The fraction of sp³-hybridized carbons (Fsp3) is 0.571. The maximum Gasteiger partial charge on any atom is 0.240 e. The minimum atomic E-state index is -3.53. The highest BCUT2D eigenvalue weighted by molar-refractivity contribution is 7.89. The molecule has 118 valence electrons. The Balaban J connectivity index is 2.08. The average molecular weight is 314 g/mol. The topological polar surface area (TPSA) is 76.7 Å². The van der Waals surface area contributed by atoms with E-state index in [2.05, 4.69) is 10.0 Å². The molecule has 0 saturated heterocycles.